The number of ether oxygens (including phenoxy) is 2. The molecule has 0 N–H and O–H groups in total. The van der Waals surface area contributed by atoms with Crippen molar-refractivity contribution in [3.8, 4) is 0 Å². The van der Waals surface area contributed by atoms with Crippen LogP contribution in [-0.2, 0) is 9.47 Å². The first kappa shape index (κ1) is 20.0. The monoisotopic (exact) mass is 346 g/mol. The van der Waals surface area contributed by atoms with Crippen LogP contribution in [0.2, 0.25) is 0 Å². The van der Waals surface area contributed by atoms with E-state index in [-0.39, 0.29) is 5.97 Å². The van der Waals surface area contributed by atoms with Crippen LogP contribution in [0.25, 0.3) is 0 Å². The molecule has 0 saturated heterocycles. The van der Waals surface area contributed by atoms with Gasteiger partial charge in [0.1, 0.15) is 0 Å². The van der Waals surface area contributed by atoms with Crippen LogP contribution < -0.4 is 0 Å². The van der Waals surface area contributed by atoms with Crippen molar-refractivity contribution in [2.75, 3.05) is 13.2 Å². The predicted octanol–water partition coefficient (Wildman–Crippen LogP) is 5.70. The van der Waals surface area contributed by atoms with Crippen molar-refractivity contribution in [3.05, 3.63) is 35.4 Å². The standard InChI is InChI=1S/C22H34O3/c1-3-19-10-14-21(15-11-19)24-16-6-4-5-7-17-25-22(23)20-12-8-18(2)9-13-20/h8-9,12-13,19,21H,3-7,10-11,14-17H2,1-2H3. The first-order chi connectivity index (χ1) is 12.2. The molecule has 1 saturated carbocycles. The van der Waals surface area contributed by atoms with E-state index in [1.807, 2.05) is 31.2 Å². The van der Waals surface area contributed by atoms with Gasteiger partial charge in [0.15, 0.2) is 0 Å². The Kier molecular flexibility index (Phi) is 9.03. The van der Waals surface area contributed by atoms with Crippen LogP contribution in [0.3, 0.4) is 0 Å². The van der Waals surface area contributed by atoms with E-state index >= 15 is 0 Å². The molecule has 0 atom stereocenters. The highest BCUT2D eigenvalue weighted by Gasteiger charge is 2.19. The van der Waals surface area contributed by atoms with Crippen molar-refractivity contribution in [1.82, 2.24) is 0 Å². The first-order valence-corrected chi connectivity index (χ1v) is 10.0. The second kappa shape index (κ2) is 11.3. The maximum atomic E-state index is 11.9. The second-order valence-electron chi connectivity index (χ2n) is 7.34. The summed E-state index contributed by atoms with van der Waals surface area (Å²) in [6.45, 7) is 5.69. The van der Waals surface area contributed by atoms with Gasteiger partial charge < -0.3 is 9.47 Å². The summed E-state index contributed by atoms with van der Waals surface area (Å²) in [5.74, 6) is 0.716. The zero-order valence-electron chi connectivity index (χ0n) is 16.0. The Labute approximate surface area is 153 Å². The summed E-state index contributed by atoms with van der Waals surface area (Å²) in [5.41, 5.74) is 1.79. The average molecular weight is 347 g/mol. The van der Waals surface area contributed by atoms with Crippen LogP contribution in [0.5, 0.6) is 0 Å². The fourth-order valence-corrected chi connectivity index (χ4v) is 3.45. The molecule has 3 nitrogen and oxygen atoms in total. The fraction of sp³-hybridized carbons (Fsp3) is 0.682. The van der Waals surface area contributed by atoms with Crippen molar-refractivity contribution in [2.45, 2.75) is 77.7 Å². The van der Waals surface area contributed by atoms with E-state index in [2.05, 4.69) is 6.92 Å². The summed E-state index contributed by atoms with van der Waals surface area (Å²) in [6.07, 6.45) is 11.3. The summed E-state index contributed by atoms with van der Waals surface area (Å²) in [6, 6.07) is 7.52. The molecule has 0 heterocycles. The Bertz CT molecular complexity index is 486. The smallest absolute Gasteiger partial charge is 0.338 e. The highest BCUT2D eigenvalue weighted by molar-refractivity contribution is 5.89. The largest absolute Gasteiger partial charge is 0.462 e. The third kappa shape index (κ3) is 7.60. The number of carbonyl (C=O) groups is 1. The Morgan fingerprint density at radius 1 is 0.960 bits per heavy atom. The molecule has 0 aromatic heterocycles. The van der Waals surface area contributed by atoms with Gasteiger partial charge in [0.2, 0.25) is 0 Å². The topological polar surface area (TPSA) is 35.5 Å². The summed E-state index contributed by atoms with van der Waals surface area (Å²) in [5, 5.41) is 0. The predicted molar refractivity (Wildman–Crippen MR) is 102 cm³/mol. The fourth-order valence-electron chi connectivity index (χ4n) is 3.45. The Morgan fingerprint density at radius 2 is 1.60 bits per heavy atom. The number of hydrogen-bond acceptors (Lipinski definition) is 3. The lowest BCUT2D eigenvalue weighted by Crippen LogP contribution is -2.21. The lowest BCUT2D eigenvalue weighted by molar-refractivity contribution is 0.0155. The van der Waals surface area contributed by atoms with Gasteiger partial charge in [-0.2, -0.15) is 0 Å². The van der Waals surface area contributed by atoms with Gasteiger partial charge in [-0.1, -0.05) is 37.5 Å². The molecule has 1 aliphatic carbocycles. The molecule has 1 aliphatic rings. The molecule has 0 bridgehead atoms. The third-order valence-corrected chi connectivity index (χ3v) is 5.28. The van der Waals surface area contributed by atoms with E-state index < -0.39 is 0 Å². The minimum atomic E-state index is -0.217. The quantitative estimate of drug-likeness (QED) is 0.403. The van der Waals surface area contributed by atoms with Crippen LogP contribution in [0.1, 0.15) is 80.6 Å². The highest BCUT2D eigenvalue weighted by Crippen LogP contribution is 2.28. The number of rotatable bonds is 10. The SMILES string of the molecule is CCC1CCC(OCCCCCCOC(=O)c2ccc(C)cc2)CC1. The van der Waals surface area contributed by atoms with Crippen LogP contribution in [0.4, 0.5) is 0 Å². The van der Waals surface area contributed by atoms with Gasteiger partial charge in [-0.3, -0.25) is 0 Å². The Morgan fingerprint density at radius 3 is 2.24 bits per heavy atom. The first-order valence-electron chi connectivity index (χ1n) is 10.0. The molecule has 2 rings (SSSR count). The van der Waals surface area contributed by atoms with Gasteiger partial charge in [0.25, 0.3) is 0 Å². The summed E-state index contributed by atoms with van der Waals surface area (Å²) in [4.78, 5) is 11.9. The summed E-state index contributed by atoms with van der Waals surface area (Å²) >= 11 is 0. The Balaban J connectivity index is 1.43. The molecular weight excluding hydrogens is 312 g/mol. The molecule has 140 valence electrons. The molecule has 1 aromatic carbocycles. The van der Waals surface area contributed by atoms with Gasteiger partial charge in [0, 0.05) is 6.61 Å². The number of unbranched alkanes of at least 4 members (excludes halogenated alkanes) is 3. The molecule has 1 aromatic rings. The van der Waals surface area contributed by atoms with Crippen LogP contribution in [0, 0.1) is 12.8 Å². The van der Waals surface area contributed by atoms with Gasteiger partial charge in [-0.15, -0.1) is 0 Å². The molecular formula is C22H34O3. The zero-order valence-corrected chi connectivity index (χ0v) is 16.0. The molecule has 3 heteroatoms. The zero-order chi connectivity index (χ0) is 17.9. The number of esters is 1. The highest BCUT2D eigenvalue weighted by atomic mass is 16.5. The maximum Gasteiger partial charge on any atom is 0.338 e. The second-order valence-corrected chi connectivity index (χ2v) is 7.34. The Hall–Kier alpha value is -1.35. The van der Waals surface area contributed by atoms with Crippen LogP contribution >= 0.6 is 0 Å². The van der Waals surface area contributed by atoms with Crippen molar-refractivity contribution in [2.24, 2.45) is 5.92 Å². The molecule has 0 spiro atoms. The van der Waals surface area contributed by atoms with Gasteiger partial charge in [-0.05, 0) is 69.9 Å². The molecule has 0 amide bonds. The van der Waals surface area contributed by atoms with E-state index in [1.165, 1.54) is 32.1 Å². The molecule has 25 heavy (non-hydrogen) atoms. The van der Waals surface area contributed by atoms with Crippen LogP contribution in [-0.4, -0.2) is 25.3 Å². The number of carbonyl (C=O) groups excluding carboxylic acids is 1. The lowest BCUT2D eigenvalue weighted by atomic mass is 9.86. The van der Waals surface area contributed by atoms with E-state index in [9.17, 15) is 4.79 Å². The molecule has 0 unspecified atom stereocenters. The molecule has 0 radical (unpaired) electrons. The van der Waals surface area contributed by atoms with Crippen molar-refractivity contribution in [1.29, 1.82) is 0 Å². The van der Waals surface area contributed by atoms with Gasteiger partial charge in [0.05, 0.1) is 18.3 Å². The minimum Gasteiger partial charge on any atom is -0.462 e. The summed E-state index contributed by atoms with van der Waals surface area (Å²) in [7, 11) is 0. The van der Waals surface area contributed by atoms with E-state index in [0.29, 0.717) is 18.3 Å². The number of aryl methyl sites for hydroxylation is 1. The average Bonchev–Trinajstić information content (AvgIpc) is 2.64. The normalized spacial score (nSPS) is 20.4. The number of hydrogen-bond donors (Lipinski definition) is 0. The van der Waals surface area contributed by atoms with Gasteiger partial charge in [-0.25, -0.2) is 4.79 Å². The number of benzene rings is 1. The van der Waals surface area contributed by atoms with E-state index in [0.717, 1.165) is 43.8 Å². The van der Waals surface area contributed by atoms with E-state index in [1.54, 1.807) is 0 Å². The van der Waals surface area contributed by atoms with E-state index in [4.69, 9.17) is 9.47 Å². The van der Waals surface area contributed by atoms with Crippen LogP contribution in [0.15, 0.2) is 24.3 Å². The molecule has 1 fully saturated rings. The van der Waals surface area contributed by atoms with Gasteiger partial charge >= 0.3 is 5.97 Å². The molecule has 0 aliphatic heterocycles. The third-order valence-electron chi connectivity index (χ3n) is 5.28. The van der Waals surface area contributed by atoms with Crippen molar-refractivity contribution in [3.63, 3.8) is 0 Å². The maximum absolute atomic E-state index is 11.9. The summed E-state index contributed by atoms with van der Waals surface area (Å²) < 4.78 is 11.3. The van der Waals surface area contributed by atoms with Crippen molar-refractivity contribution >= 4 is 5.97 Å². The lowest BCUT2D eigenvalue weighted by Gasteiger charge is -2.27. The minimum absolute atomic E-state index is 0.217. The van der Waals surface area contributed by atoms with Crippen molar-refractivity contribution < 1.29 is 14.3 Å².